The molecular weight excluding hydrogens is 284 g/mol. The lowest BCUT2D eigenvalue weighted by Gasteiger charge is -2.41. The summed E-state index contributed by atoms with van der Waals surface area (Å²) in [6.45, 7) is 0.268. The van der Waals surface area contributed by atoms with Crippen molar-refractivity contribution in [3.63, 3.8) is 0 Å². The number of rotatable bonds is 3. The molecule has 3 unspecified atom stereocenters. The summed E-state index contributed by atoms with van der Waals surface area (Å²) >= 11 is 1.85. The molecule has 0 radical (unpaired) electrons. The maximum absolute atomic E-state index is 12.9. The van der Waals surface area contributed by atoms with Crippen LogP contribution in [0, 0.1) is 5.92 Å². The van der Waals surface area contributed by atoms with Gasteiger partial charge in [0.1, 0.15) is 6.04 Å². The van der Waals surface area contributed by atoms with Gasteiger partial charge < -0.3 is 10.2 Å². The summed E-state index contributed by atoms with van der Waals surface area (Å²) in [5, 5.41) is 3.49. The molecule has 1 heterocycles. The van der Waals surface area contributed by atoms with Crippen molar-refractivity contribution in [1.82, 2.24) is 10.2 Å². The first-order chi connectivity index (χ1) is 10.2. The van der Waals surface area contributed by atoms with Crippen LogP contribution in [0.5, 0.6) is 0 Å². The molecule has 3 fully saturated rings. The fourth-order valence-corrected chi connectivity index (χ4v) is 5.30. The van der Waals surface area contributed by atoms with Gasteiger partial charge in [-0.15, -0.1) is 0 Å². The minimum absolute atomic E-state index is 0.0388. The molecule has 1 N–H and O–H groups in total. The highest BCUT2D eigenvalue weighted by Crippen LogP contribution is 2.35. The fraction of sp³-hybridized carbons (Fsp3) is 0.875. The maximum Gasteiger partial charge on any atom is 0.246 e. The number of nitrogens with zero attached hydrogens (tertiary/aromatic N) is 1. The van der Waals surface area contributed by atoms with Crippen molar-refractivity contribution in [2.24, 2.45) is 5.92 Å². The van der Waals surface area contributed by atoms with E-state index in [-0.39, 0.29) is 30.4 Å². The van der Waals surface area contributed by atoms with Crippen molar-refractivity contribution in [1.29, 1.82) is 0 Å². The lowest BCUT2D eigenvalue weighted by Crippen LogP contribution is -2.63. The topological polar surface area (TPSA) is 49.4 Å². The van der Waals surface area contributed by atoms with Crippen LogP contribution >= 0.6 is 11.8 Å². The molecule has 2 saturated carbocycles. The van der Waals surface area contributed by atoms with E-state index >= 15 is 0 Å². The Bertz CT molecular complexity index is 409. The molecule has 118 valence electrons. The van der Waals surface area contributed by atoms with Crippen LogP contribution in [0.2, 0.25) is 0 Å². The second-order valence-corrected chi connectivity index (χ2v) is 7.76. The predicted molar refractivity (Wildman–Crippen MR) is 85.2 cm³/mol. The second-order valence-electron chi connectivity index (χ2n) is 6.68. The van der Waals surface area contributed by atoms with Crippen molar-refractivity contribution < 1.29 is 9.59 Å². The van der Waals surface area contributed by atoms with Gasteiger partial charge in [-0.3, -0.25) is 9.59 Å². The monoisotopic (exact) mass is 310 g/mol. The minimum atomic E-state index is -0.255. The summed E-state index contributed by atoms with van der Waals surface area (Å²) in [6, 6.07) is 0.0132. The van der Waals surface area contributed by atoms with Gasteiger partial charge in [0.05, 0.1) is 6.54 Å². The molecule has 0 spiro atoms. The first-order valence-corrected chi connectivity index (χ1v) is 9.62. The van der Waals surface area contributed by atoms with Crippen LogP contribution in [0.15, 0.2) is 0 Å². The van der Waals surface area contributed by atoms with Crippen molar-refractivity contribution in [2.75, 3.05) is 12.8 Å². The average molecular weight is 310 g/mol. The van der Waals surface area contributed by atoms with Crippen LogP contribution in [-0.4, -0.2) is 46.8 Å². The molecule has 3 rings (SSSR count). The van der Waals surface area contributed by atoms with Crippen LogP contribution in [-0.2, 0) is 9.59 Å². The maximum atomic E-state index is 12.9. The van der Waals surface area contributed by atoms with Crippen molar-refractivity contribution in [3.8, 4) is 0 Å². The highest BCUT2D eigenvalue weighted by molar-refractivity contribution is 7.99. The Balaban J connectivity index is 1.74. The van der Waals surface area contributed by atoms with Crippen LogP contribution in [0.4, 0.5) is 0 Å². The number of nitrogens with one attached hydrogen (secondary N) is 1. The lowest BCUT2D eigenvalue weighted by atomic mass is 9.82. The van der Waals surface area contributed by atoms with Gasteiger partial charge in [0.25, 0.3) is 0 Å². The Kier molecular flexibility index (Phi) is 4.77. The summed E-state index contributed by atoms with van der Waals surface area (Å²) < 4.78 is 0. The van der Waals surface area contributed by atoms with Gasteiger partial charge >= 0.3 is 0 Å². The molecule has 4 nitrogen and oxygen atoms in total. The van der Waals surface area contributed by atoms with Gasteiger partial charge in [0.15, 0.2) is 0 Å². The normalized spacial score (nSPS) is 35.1. The molecule has 2 amide bonds. The highest BCUT2D eigenvalue weighted by Gasteiger charge is 2.43. The molecule has 3 atom stereocenters. The third kappa shape index (κ3) is 3.08. The summed E-state index contributed by atoms with van der Waals surface area (Å²) in [4.78, 5) is 26.9. The van der Waals surface area contributed by atoms with Gasteiger partial charge in [-0.2, -0.15) is 11.8 Å². The molecule has 0 aromatic rings. The number of amides is 2. The molecule has 1 saturated heterocycles. The lowest BCUT2D eigenvalue weighted by molar-refractivity contribution is -0.148. The Morgan fingerprint density at radius 1 is 1.05 bits per heavy atom. The Morgan fingerprint density at radius 3 is 2.52 bits per heavy atom. The van der Waals surface area contributed by atoms with Gasteiger partial charge in [0, 0.05) is 11.3 Å². The summed E-state index contributed by atoms with van der Waals surface area (Å²) in [6.07, 6.45) is 11.4. The molecule has 1 aliphatic heterocycles. The van der Waals surface area contributed by atoms with Crippen LogP contribution < -0.4 is 5.32 Å². The smallest absolute Gasteiger partial charge is 0.246 e. The largest absolute Gasteiger partial charge is 0.342 e. The van der Waals surface area contributed by atoms with Gasteiger partial charge in [-0.25, -0.2) is 0 Å². The van der Waals surface area contributed by atoms with E-state index in [0.717, 1.165) is 19.3 Å². The molecule has 3 aliphatic rings. The number of carbonyl (C=O) groups excluding carboxylic acids is 2. The fourth-order valence-electron chi connectivity index (χ4n) is 4.30. The summed E-state index contributed by atoms with van der Waals surface area (Å²) in [5.41, 5.74) is 0. The molecule has 0 aromatic carbocycles. The van der Waals surface area contributed by atoms with E-state index in [1.165, 1.54) is 32.1 Å². The molecule has 5 heteroatoms. The molecule has 2 aliphatic carbocycles. The van der Waals surface area contributed by atoms with E-state index in [4.69, 9.17) is 0 Å². The highest BCUT2D eigenvalue weighted by atomic mass is 32.2. The van der Waals surface area contributed by atoms with Gasteiger partial charge in [-0.1, -0.05) is 25.7 Å². The van der Waals surface area contributed by atoms with Gasteiger partial charge in [0.2, 0.25) is 11.8 Å². The molecular formula is C16H26N2O2S. The zero-order chi connectivity index (χ0) is 14.8. The van der Waals surface area contributed by atoms with E-state index in [1.54, 1.807) is 0 Å². The van der Waals surface area contributed by atoms with Crippen molar-refractivity contribution in [3.05, 3.63) is 0 Å². The zero-order valence-corrected chi connectivity index (χ0v) is 13.7. The Hall–Kier alpha value is -0.710. The second kappa shape index (κ2) is 6.59. The standard InChI is InChI=1S/C16H26N2O2S/c1-21-13-9-5-8-12(13)18-10-14(19)17-15(16(18)20)11-6-3-2-4-7-11/h11-13,15H,2-10H2,1H3,(H,17,19). The summed E-state index contributed by atoms with van der Waals surface area (Å²) in [5.74, 6) is 0.580. The van der Waals surface area contributed by atoms with E-state index in [9.17, 15) is 9.59 Å². The molecule has 21 heavy (non-hydrogen) atoms. The predicted octanol–water partition coefficient (Wildman–Crippen LogP) is 2.18. The third-order valence-corrected chi connectivity index (χ3v) is 6.58. The van der Waals surface area contributed by atoms with Crippen LogP contribution in [0.1, 0.15) is 51.4 Å². The Labute approximate surface area is 131 Å². The van der Waals surface area contributed by atoms with Crippen molar-refractivity contribution >= 4 is 23.6 Å². The third-order valence-electron chi connectivity index (χ3n) is 5.42. The van der Waals surface area contributed by atoms with Crippen LogP contribution in [0.25, 0.3) is 0 Å². The number of carbonyl (C=O) groups is 2. The molecule has 0 aromatic heterocycles. The first kappa shape index (κ1) is 15.2. The van der Waals surface area contributed by atoms with Crippen LogP contribution in [0.3, 0.4) is 0 Å². The average Bonchev–Trinajstić information content (AvgIpc) is 2.98. The number of thioether (sulfide) groups is 1. The van der Waals surface area contributed by atoms with E-state index < -0.39 is 0 Å². The van der Waals surface area contributed by atoms with Crippen molar-refractivity contribution in [2.45, 2.75) is 68.7 Å². The number of hydrogen-bond acceptors (Lipinski definition) is 3. The van der Waals surface area contributed by atoms with E-state index in [0.29, 0.717) is 11.2 Å². The summed E-state index contributed by atoms with van der Waals surface area (Å²) in [7, 11) is 0. The number of hydrogen-bond donors (Lipinski definition) is 1. The zero-order valence-electron chi connectivity index (χ0n) is 12.8. The van der Waals surface area contributed by atoms with E-state index in [2.05, 4.69) is 11.6 Å². The van der Waals surface area contributed by atoms with E-state index in [1.807, 2.05) is 16.7 Å². The first-order valence-electron chi connectivity index (χ1n) is 8.33. The quantitative estimate of drug-likeness (QED) is 0.869. The number of piperazine rings is 1. The molecule has 0 bridgehead atoms. The Morgan fingerprint density at radius 2 is 1.81 bits per heavy atom. The minimum Gasteiger partial charge on any atom is -0.342 e. The van der Waals surface area contributed by atoms with Gasteiger partial charge in [-0.05, 0) is 37.9 Å². The SMILES string of the molecule is CSC1CCCC1N1CC(=O)NC(C2CCCCC2)C1=O.